The Labute approximate surface area is 152 Å². The van der Waals surface area contributed by atoms with Crippen molar-refractivity contribution in [2.24, 2.45) is 0 Å². The summed E-state index contributed by atoms with van der Waals surface area (Å²) in [7, 11) is 1.61. The minimum atomic E-state index is -0.340. The molecule has 1 aromatic carbocycles. The maximum absolute atomic E-state index is 12.0. The maximum Gasteiger partial charge on any atom is 0.293 e. The number of amides is 1. The first kappa shape index (κ1) is 16.2. The Morgan fingerprint density at radius 3 is 2.78 bits per heavy atom. The van der Waals surface area contributed by atoms with Gasteiger partial charge in [-0.2, -0.15) is 0 Å². The maximum atomic E-state index is 12.0. The first-order chi connectivity index (χ1) is 11.1. The average Bonchev–Trinajstić information content (AvgIpc) is 3.16. The van der Waals surface area contributed by atoms with Crippen molar-refractivity contribution in [1.29, 1.82) is 0 Å². The van der Waals surface area contributed by atoms with Crippen molar-refractivity contribution < 1.29 is 13.9 Å². The van der Waals surface area contributed by atoms with Gasteiger partial charge in [0.1, 0.15) is 5.75 Å². The van der Waals surface area contributed by atoms with Crippen LogP contribution < -0.4 is 10.1 Å². The molecule has 0 saturated carbocycles. The highest BCUT2D eigenvalue weighted by Gasteiger charge is 2.13. The number of carbonyl (C=O) groups is 1. The lowest BCUT2D eigenvalue weighted by Gasteiger charge is -2.04. The third-order valence-corrected chi connectivity index (χ3v) is 4.77. The molecule has 0 bridgehead atoms. The van der Waals surface area contributed by atoms with Crippen molar-refractivity contribution >= 4 is 54.2 Å². The Hall–Kier alpha value is -1.64. The standard InChI is InChI=1S/C15H10Br2N2O3S/c1-21-11-3-2-8(6-9(11)16)10-7-23-15(18-10)19-14(20)12-4-5-13(17)22-12/h2-7H,1H3,(H,18,19,20). The molecule has 2 heterocycles. The van der Waals surface area contributed by atoms with E-state index in [-0.39, 0.29) is 11.7 Å². The SMILES string of the molecule is COc1ccc(-c2csc(NC(=O)c3ccc(Br)o3)n2)cc1Br. The molecular weight excluding hydrogens is 448 g/mol. The van der Waals surface area contributed by atoms with Crippen LogP contribution in [0.1, 0.15) is 10.6 Å². The molecule has 0 fully saturated rings. The zero-order valence-corrected chi connectivity index (χ0v) is 15.8. The zero-order valence-electron chi connectivity index (χ0n) is 11.8. The number of furan rings is 1. The van der Waals surface area contributed by atoms with Crippen LogP contribution in [0.25, 0.3) is 11.3 Å². The molecule has 0 radical (unpaired) electrons. The fraction of sp³-hybridized carbons (Fsp3) is 0.0667. The van der Waals surface area contributed by atoms with Gasteiger partial charge in [-0.25, -0.2) is 4.98 Å². The van der Waals surface area contributed by atoms with E-state index in [1.165, 1.54) is 11.3 Å². The smallest absolute Gasteiger partial charge is 0.293 e. The van der Waals surface area contributed by atoms with Gasteiger partial charge >= 0.3 is 0 Å². The van der Waals surface area contributed by atoms with Gasteiger partial charge in [0.2, 0.25) is 0 Å². The van der Waals surface area contributed by atoms with E-state index in [4.69, 9.17) is 9.15 Å². The predicted octanol–water partition coefficient (Wildman–Crippen LogP) is 5.19. The number of hydrogen-bond acceptors (Lipinski definition) is 5. The molecule has 2 aromatic heterocycles. The molecule has 118 valence electrons. The largest absolute Gasteiger partial charge is 0.496 e. The summed E-state index contributed by atoms with van der Waals surface area (Å²) in [5.74, 6) is 0.634. The summed E-state index contributed by atoms with van der Waals surface area (Å²) in [5.41, 5.74) is 1.70. The zero-order chi connectivity index (χ0) is 16.4. The molecule has 8 heteroatoms. The van der Waals surface area contributed by atoms with E-state index in [0.29, 0.717) is 9.80 Å². The van der Waals surface area contributed by atoms with Crippen molar-refractivity contribution in [2.45, 2.75) is 0 Å². The van der Waals surface area contributed by atoms with E-state index < -0.39 is 0 Å². The van der Waals surface area contributed by atoms with Gasteiger partial charge in [-0.15, -0.1) is 11.3 Å². The lowest BCUT2D eigenvalue weighted by atomic mass is 10.2. The van der Waals surface area contributed by atoms with E-state index in [1.807, 2.05) is 23.6 Å². The minimum Gasteiger partial charge on any atom is -0.496 e. The second-order valence-corrected chi connectivity index (χ2v) is 6.94. The summed E-state index contributed by atoms with van der Waals surface area (Å²) >= 11 is 7.96. The van der Waals surface area contributed by atoms with Gasteiger partial charge in [-0.1, -0.05) is 0 Å². The van der Waals surface area contributed by atoms with Crippen molar-refractivity contribution in [3.8, 4) is 17.0 Å². The van der Waals surface area contributed by atoms with Gasteiger partial charge in [-0.3, -0.25) is 10.1 Å². The van der Waals surface area contributed by atoms with Crippen LogP contribution in [0.3, 0.4) is 0 Å². The summed E-state index contributed by atoms with van der Waals surface area (Å²) in [6, 6.07) is 8.94. The molecule has 1 N–H and O–H groups in total. The highest BCUT2D eigenvalue weighted by molar-refractivity contribution is 9.10. The summed E-state index contributed by atoms with van der Waals surface area (Å²) in [6.45, 7) is 0. The van der Waals surface area contributed by atoms with Gasteiger partial charge in [0.25, 0.3) is 5.91 Å². The number of hydrogen-bond donors (Lipinski definition) is 1. The number of anilines is 1. The molecule has 0 atom stereocenters. The number of aromatic nitrogens is 1. The monoisotopic (exact) mass is 456 g/mol. The van der Waals surface area contributed by atoms with Crippen LogP contribution in [-0.2, 0) is 0 Å². The normalized spacial score (nSPS) is 10.6. The molecular formula is C15H10Br2N2O3S. The fourth-order valence-electron chi connectivity index (χ4n) is 1.88. The molecule has 0 unspecified atom stereocenters. The van der Waals surface area contributed by atoms with E-state index in [0.717, 1.165) is 21.5 Å². The number of methoxy groups -OCH3 is 1. The molecule has 1 amide bonds. The summed E-state index contributed by atoms with van der Waals surface area (Å²) in [5, 5.41) is 5.10. The topological polar surface area (TPSA) is 64.4 Å². The first-order valence-electron chi connectivity index (χ1n) is 6.43. The Bertz CT molecular complexity index is 860. The molecule has 0 aliphatic rings. The van der Waals surface area contributed by atoms with Gasteiger partial charge in [0.05, 0.1) is 17.3 Å². The molecule has 0 aliphatic heterocycles. The molecule has 0 spiro atoms. The number of nitrogens with zero attached hydrogens (tertiary/aromatic N) is 1. The Kier molecular flexibility index (Phi) is 4.84. The van der Waals surface area contributed by atoms with E-state index in [9.17, 15) is 4.79 Å². The third-order valence-electron chi connectivity index (χ3n) is 2.97. The summed E-state index contributed by atoms with van der Waals surface area (Å²) in [6.07, 6.45) is 0. The van der Waals surface area contributed by atoms with Gasteiger partial charge in [0, 0.05) is 10.9 Å². The number of carbonyl (C=O) groups excluding carboxylic acids is 1. The lowest BCUT2D eigenvalue weighted by Crippen LogP contribution is -2.10. The van der Waals surface area contributed by atoms with E-state index >= 15 is 0 Å². The van der Waals surface area contributed by atoms with Gasteiger partial charge in [-0.05, 0) is 62.2 Å². The van der Waals surface area contributed by atoms with Crippen LogP contribution in [0, 0.1) is 0 Å². The quantitative estimate of drug-likeness (QED) is 0.585. The van der Waals surface area contributed by atoms with Crippen molar-refractivity contribution in [2.75, 3.05) is 12.4 Å². The number of nitrogens with one attached hydrogen (secondary N) is 1. The Balaban J connectivity index is 1.78. The number of ether oxygens (including phenoxy) is 1. The molecule has 0 saturated heterocycles. The van der Waals surface area contributed by atoms with Crippen molar-refractivity contribution in [1.82, 2.24) is 4.98 Å². The lowest BCUT2D eigenvalue weighted by molar-refractivity contribution is 0.0995. The van der Waals surface area contributed by atoms with Crippen LogP contribution in [0.5, 0.6) is 5.75 Å². The predicted molar refractivity (Wildman–Crippen MR) is 96.2 cm³/mol. The van der Waals surface area contributed by atoms with Crippen LogP contribution in [0.15, 0.2) is 49.3 Å². The van der Waals surface area contributed by atoms with Crippen molar-refractivity contribution in [3.63, 3.8) is 0 Å². The second kappa shape index (κ2) is 6.86. The van der Waals surface area contributed by atoms with E-state index in [1.54, 1.807) is 19.2 Å². The highest BCUT2D eigenvalue weighted by atomic mass is 79.9. The fourth-order valence-corrected chi connectivity index (χ4v) is 3.45. The average molecular weight is 458 g/mol. The number of benzene rings is 1. The molecule has 5 nitrogen and oxygen atoms in total. The first-order valence-corrected chi connectivity index (χ1v) is 8.89. The summed E-state index contributed by atoms with van der Waals surface area (Å²) in [4.78, 5) is 16.4. The minimum absolute atomic E-state index is 0.223. The van der Waals surface area contributed by atoms with E-state index in [2.05, 4.69) is 42.2 Å². The molecule has 0 aliphatic carbocycles. The number of thiazole rings is 1. The number of halogens is 2. The van der Waals surface area contributed by atoms with Gasteiger partial charge < -0.3 is 9.15 Å². The third kappa shape index (κ3) is 3.65. The number of rotatable bonds is 4. The van der Waals surface area contributed by atoms with Crippen LogP contribution in [-0.4, -0.2) is 18.0 Å². The molecule has 3 rings (SSSR count). The highest BCUT2D eigenvalue weighted by Crippen LogP contribution is 2.32. The Morgan fingerprint density at radius 2 is 2.13 bits per heavy atom. The van der Waals surface area contributed by atoms with Crippen molar-refractivity contribution in [3.05, 3.63) is 50.6 Å². The van der Waals surface area contributed by atoms with Crippen LogP contribution in [0.2, 0.25) is 0 Å². The molecule has 23 heavy (non-hydrogen) atoms. The van der Waals surface area contributed by atoms with Crippen LogP contribution >= 0.6 is 43.2 Å². The van der Waals surface area contributed by atoms with Gasteiger partial charge in [0.15, 0.2) is 15.6 Å². The Morgan fingerprint density at radius 1 is 1.30 bits per heavy atom. The van der Waals surface area contributed by atoms with Crippen LogP contribution in [0.4, 0.5) is 5.13 Å². The summed E-state index contributed by atoms with van der Waals surface area (Å²) < 4.78 is 11.8. The second-order valence-electron chi connectivity index (χ2n) is 4.45. The molecule has 3 aromatic rings.